The largest absolute Gasteiger partial charge is 0.354 e. The average Bonchev–Trinajstić information content (AvgIpc) is 2.33. The van der Waals surface area contributed by atoms with Crippen LogP contribution in [0.2, 0.25) is 0 Å². The third kappa shape index (κ3) is 2.18. The maximum atomic E-state index is 8.76. The molecule has 1 aromatic carbocycles. The van der Waals surface area contributed by atoms with Gasteiger partial charge in [-0.15, -0.1) is 0 Å². The van der Waals surface area contributed by atoms with Gasteiger partial charge in [-0.1, -0.05) is 0 Å². The Labute approximate surface area is 94.4 Å². The van der Waals surface area contributed by atoms with Crippen LogP contribution < -0.4 is 5.32 Å². The van der Waals surface area contributed by atoms with Gasteiger partial charge in [-0.05, 0) is 42.8 Å². The van der Waals surface area contributed by atoms with E-state index in [-0.39, 0.29) is 0 Å². The first-order valence-corrected chi connectivity index (χ1v) is 4.97. The number of anilines is 2. The summed E-state index contributed by atoms with van der Waals surface area (Å²) in [6, 6.07) is 11.5. The summed E-state index contributed by atoms with van der Waals surface area (Å²) in [7, 11) is 0. The molecule has 16 heavy (non-hydrogen) atoms. The molecule has 0 unspecified atom stereocenters. The predicted molar refractivity (Wildman–Crippen MR) is 63.4 cm³/mol. The molecule has 3 heteroatoms. The smallest absolute Gasteiger partial charge is 0.0991 e. The molecule has 3 nitrogen and oxygen atoms in total. The van der Waals surface area contributed by atoms with E-state index in [1.165, 1.54) is 0 Å². The van der Waals surface area contributed by atoms with Crippen LogP contribution in [0.15, 0.2) is 42.7 Å². The van der Waals surface area contributed by atoms with Gasteiger partial charge in [0.15, 0.2) is 0 Å². The summed E-state index contributed by atoms with van der Waals surface area (Å²) in [5, 5.41) is 12.0. The van der Waals surface area contributed by atoms with Crippen molar-refractivity contribution < 1.29 is 0 Å². The predicted octanol–water partition coefficient (Wildman–Crippen LogP) is 3.01. The van der Waals surface area contributed by atoms with E-state index in [9.17, 15) is 0 Å². The van der Waals surface area contributed by atoms with E-state index in [1.807, 2.05) is 31.2 Å². The summed E-state index contributed by atoms with van der Waals surface area (Å²) in [4.78, 5) is 4.03. The number of hydrogen-bond acceptors (Lipinski definition) is 3. The Morgan fingerprint density at radius 2 is 2.19 bits per heavy atom. The fourth-order valence-corrected chi connectivity index (χ4v) is 1.47. The van der Waals surface area contributed by atoms with Gasteiger partial charge in [0.2, 0.25) is 0 Å². The monoisotopic (exact) mass is 209 g/mol. The lowest BCUT2D eigenvalue weighted by Gasteiger charge is -2.08. The first kappa shape index (κ1) is 10.2. The Morgan fingerprint density at radius 1 is 1.31 bits per heavy atom. The van der Waals surface area contributed by atoms with E-state index in [2.05, 4.69) is 16.4 Å². The second kappa shape index (κ2) is 4.45. The Bertz CT molecular complexity index is 527. The second-order valence-electron chi connectivity index (χ2n) is 3.51. The molecule has 0 aliphatic carbocycles. The minimum Gasteiger partial charge on any atom is -0.354 e. The number of nitriles is 1. The number of rotatable bonds is 2. The zero-order valence-corrected chi connectivity index (χ0v) is 8.94. The average molecular weight is 209 g/mol. The van der Waals surface area contributed by atoms with Crippen LogP contribution in [0.25, 0.3) is 0 Å². The number of pyridine rings is 1. The normalized spacial score (nSPS) is 9.50. The summed E-state index contributed by atoms with van der Waals surface area (Å²) in [5.74, 6) is 0. The van der Waals surface area contributed by atoms with Crippen LogP contribution in [-0.4, -0.2) is 4.98 Å². The fraction of sp³-hybridized carbons (Fsp3) is 0.0769. The van der Waals surface area contributed by atoms with E-state index < -0.39 is 0 Å². The molecular weight excluding hydrogens is 198 g/mol. The number of benzene rings is 1. The van der Waals surface area contributed by atoms with Crippen molar-refractivity contribution in [3.63, 3.8) is 0 Å². The highest BCUT2D eigenvalue weighted by Gasteiger charge is 2.00. The van der Waals surface area contributed by atoms with Crippen molar-refractivity contribution in [2.45, 2.75) is 6.92 Å². The third-order valence-corrected chi connectivity index (χ3v) is 2.30. The van der Waals surface area contributed by atoms with Gasteiger partial charge in [-0.25, -0.2) is 0 Å². The highest BCUT2D eigenvalue weighted by Crippen LogP contribution is 2.20. The summed E-state index contributed by atoms with van der Waals surface area (Å²) < 4.78 is 0. The second-order valence-corrected chi connectivity index (χ2v) is 3.51. The van der Waals surface area contributed by atoms with Gasteiger partial charge >= 0.3 is 0 Å². The topological polar surface area (TPSA) is 48.7 Å². The quantitative estimate of drug-likeness (QED) is 0.827. The van der Waals surface area contributed by atoms with E-state index in [1.54, 1.807) is 18.5 Å². The highest BCUT2D eigenvalue weighted by atomic mass is 14.9. The lowest BCUT2D eigenvalue weighted by Crippen LogP contribution is -1.93. The lowest BCUT2D eigenvalue weighted by atomic mass is 10.1. The van der Waals surface area contributed by atoms with Crippen molar-refractivity contribution in [2.24, 2.45) is 0 Å². The third-order valence-electron chi connectivity index (χ3n) is 2.30. The molecule has 1 N–H and O–H groups in total. The maximum absolute atomic E-state index is 8.76. The Kier molecular flexibility index (Phi) is 2.84. The van der Waals surface area contributed by atoms with E-state index in [0.29, 0.717) is 5.56 Å². The first-order chi connectivity index (χ1) is 7.79. The molecule has 0 bridgehead atoms. The molecule has 0 fully saturated rings. The molecule has 0 spiro atoms. The van der Waals surface area contributed by atoms with Gasteiger partial charge in [0, 0.05) is 11.9 Å². The van der Waals surface area contributed by atoms with Crippen LogP contribution >= 0.6 is 0 Å². The summed E-state index contributed by atoms with van der Waals surface area (Å²) in [5.41, 5.74) is 3.65. The molecular formula is C13H11N3. The van der Waals surface area contributed by atoms with Gasteiger partial charge in [0.05, 0.1) is 23.5 Å². The van der Waals surface area contributed by atoms with Crippen LogP contribution in [0.4, 0.5) is 11.4 Å². The molecule has 2 aromatic rings. The van der Waals surface area contributed by atoms with Crippen molar-refractivity contribution in [3.05, 3.63) is 53.9 Å². The summed E-state index contributed by atoms with van der Waals surface area (Å²) in [6.07, 6.45) is 3.49. The molecule has 1 heterocycles. The Morgan fingerprint density at radius 3 is 2.81 bits per heavy atom. The van der Waals surface area contributed by atoms with Crippen molar-refractivity contribution in [1.82, 2.24) is 4.98 Å². The molecule has 0 saturated heterocycles. The molecule has 78 valence electrons. The van der Waals surface area contributed by atoms with Crippen LogP contribution in [0.3, 0.4) is 0 Å². The van der Waals surface area contributed by atoms with E-state index in [4.69, 9.17) is 5.26 Å². The minimum atomic E-state index is 0.675. The van der Waals surface area contributed by atoms with Crippen molar-refractivity contribution in [2.75, 3.05) is 5.32 Å². The maximum Gasteiger partial charge on any atom is 0.0991 e. The Balaban J connectivity index is 2.27. The number of aryl methyl sites for hydroxylation is 1. The molecule has 1 aromatic heterocycles. The van der Waals surface area contributed by atoms with E-state index >= 15 is 0 Å². The molecule has 0 atom stereocenters. The zero-order valence-electron chi connectivity index (χ0n) is 8.94. The number of nitrogens with one attached hydrogen (secondary N) is 1. The van der Waals surface area contributed by atoms with Gasteiger partial charge in [-0.2, -0.15) is 5.26 Å². The summed E-state index contributed by atoms with van der Waals surface area (Å²) in [6.45, 7) is 1.97. The summed E-state index contributed by atoms with van der Waals surface area (Å²) >= 11 is 0. The number of hydrogen-bond donors (Lipinski definition) is 1. The van der Waals surface area contributed by atoms with Crippen molar-refractivity contribution in [1.29, 1.82) is 5.26 Å². The fourth-order valence-electron chi connectivity index (χ4n) is 1.47. The molecule has 0 radical (unpaired) electrons. The number of aromatic nitrogens is 1. The zero-order chi connectivity index (χ0) is 11.4. The van der Waals surface area contributed by atoms with Crippen molar-refractivity contribution in [3.8, 4) is 6.07 Å². The molecule has 0 saturated carbocycles. The van der Waals surface area contributed by atoms with Gasteiger partial charge in [0.1, 0.15) is 0 Å². The van der Waals surface area contributed by atoms with Crippen LogP contribution in [0.5, 0.6) is 0 Å². The van der Waals surface area contributed by atoms with Gasteiger partial charge < -0.3 is 5.32 Å². The molecule has 0 aliphatic rings. The minimum absolute atomic E-state index is 0.675. The Hall–Kier alpha value is -2.34. The lowest BCUT2D eigenvalue weighted by molar-refractivity contribution is 1.31. The van der Waals surface area contributed by atoms with E-state index in [0.717, 1.165) is 16.9 Å². The molecule has 0 amide bonds. The first-order valence-electron chi connectivity index (χ1n) is 4.97. The SMILES string of the molecule is Cc1cc(C#N)ccc1Nc1cccnc1. The highest BCUT2D eigenvalue weighted by molar-refractivity contribution is 5.63. The van der Waals surface area contributed by atoms with Crippen LogP contribution in [0, 0.1) is 18.3 Å². The molecule has 2 rings (SSSR count). The van der Waals surface area contributed by atoms with Gasteiger partial charge in [-0.3, -0.25) is 4.98 Å². The number of nitrogens with zero attached hydrogens (tertiary/aromatic N) is 2. The van der Waals surface area contributed by atoms with Crippen molar-refractivity contribution >= 4 is 11.4 Å². The standard InChI is InChI=1S/C13H11N3/c1-10-7-11(8-14)4-5-13(10)16-12-3-2-6-15-9-12/h2-7,9,16H,1H3. The van der Waals surface area contributed by atoms with Crippen LogP contribution in [0.1, 0.15) is 11.1 Å². The van der Waals surface area contributed by atoms with Crippen LogP contribution in [-0.2, 0) is 0 Å². The van der Waals surface area contributed by atoms with Gasteiger partial charge in [0.25, 0.3) is 0 Å². The molecule has 0 aliphatic heterocycles.